The molecule has 3 heterocycles. The Morgan fingerprint density at radius 3 is 1.55 bits per heavy atom. The number of hydrogen-bond donors (Lipinski definition) is 0. The summed E-state index contributed by atoms with van der Waals surface area (Å²) < 4.78 is 17.8. The van der Waals surface area contributed by atoms with Crippen LogP contribution in [0.4, 0.5) is 0 Å². The molecule has 0 saturated carbocycles. The van der Waals surface area contributed by atoms with E-state index in [2.05, 4.69) is 50.2 Å². The SMILES string of the molecule is CCCCCCOc1cc2cc3c(cc2s1)[se]c1cc2sc(OCCCCCC)cc2cc13. The summed E-state index contributed by atoms with van der Waals surface area (Å²) in [6.45, 7) is 6.16. The fourth-order valence-corrected chi connectivity index (χ4v) is 9.00. The van der Waals surface area contributed by atoms with Crippen molar-refractivity contribution < 1.29 is 9.47 Å². The van der Waals surface area contributed by atoms with Gasteiger partial charge in [0.2, 0.25) is 0 Å². The molecule has 0 aliphatic heterocycles. The number of hydrogen-bond acceptors (Lipinski definition) is 4. The molecule has 5 aromatic rings. The van der Waals surface area contributed by atoms with Crippen LogP contribution in [-0.2, 0) is 0 Å². The van der Waals surface area contributed by atoms with E-state index in [1.165, 1.54) is 78.0 Å². The van der Waals surface area contributed by atoms with Crippen LogP contribution in [-0.4, -0.2) is 27.7 Å². The molecule has 174 valence electrons. The minimum atomic E-state index is 0.364. The summed E-state index contributed by atoms with van der Waals surface area (Å²) in [4.78, 5) is 0. The van der Waals surface area contributed by atoms with Crippen molar-refractivity contribution in [2.75, 3.05) is 13.2 Å². The molecule has 0 bridgehead atoms. The van der Waals surface area contributed by atoms with Crippen LogP contribution in [0.3, 0.4) is 0 Å². The molecule has 2 nitrogen and oxygen atoms in total. The summed E-state index contributed by atoms with van der Waals surface area (Å²) in [5, 5.41) is 7.58. The molecule has 0 unspecified atom stereocenters. The molecule has 0 atom stereocenters. The second-order valence-corrected chi connectivity index (χ2v) is 13.2. The van der Waals surface area contributed by atoms with Crippen LogP contribution in [0.5, 0.6) is 10.1 Å². The number of thiophene rings is 2. The Morgan fingerprint density at radius 2 is 1.09 bits per heavy atom. The van der Waals surface area contributed by atoms with E-state index < -0.39 is 0 Å². The Hall–Kier alpha value is -1.52. The molecule has 0 aliphatic rings. The Bertz CT molecular complexity index is 1260. The van der Waals surface area contributed by atoms with E-state index in [1.54, 1.807) is 22.7 Å². The zero-order valence-electron chi connectivity index (χ0n) is 19.6. The van der Waals surface area contributed by atoms with Gasteiger partial charge in [0.1, 0.15) is 0 Å². The van der Waals surface area contributed by atoms with Crippen LogP contribution in [0.2, 0.25) is 0 Å². The van der Waals surface area contributed by atoms with E-state index in [0.717, 1.165) is 36.2 Å². The van der Waals surface area contributed by atoms with Gasteiger partial charge in [-0.25, -0.2) is 0 Å². The Labute approximate surface area is 210 Å². The van der Waals surface area contributed by atoms with Crippen molar-refractivity contribution in [1.82, 2.24) is 0 Å². The maximum absolute atomic E-state index is 6.06. The van der Waals surface area contributed by atoms with Crippen LogP contribution < -0.4 is 9.47 Å². The van der Waals surface area contributed by atoms with Crippen molar-refractivity contribution in [2.24, 2.45) is 0 Å². The molecule has 0 N–H and O–H groups in total. The van der Waals surface area contributed by atoms with Crippen molar-refractivity contribution in [3.05, 3.63) is 36.4 Å². The van der Waals surface area contributed by atoms with Gasteiger partial charge in [-0.1, -0.05) is 0 Å². The average molecular weight is 544 g/mol. The first-order valence-corrected chi connectivity index (χ1v) is 15.7. The molecule has 2 aromatic carbocycles. The predicted molar refractivity (Wildman–Crippen MR) is 148 cm³/mol. The fraction of sp³-hybridized carbons (Fsp3) is 0.429. The number of rotatable bonds is 12. The Morgan fingerprint density at radius 1 is 0.606 bits per heavy atom. The summed E-state index contributed by atoms with van der Waals surface area (Å²) in [5.41, 5.74) is 0. The second kappa shape index (κ2) is 10.8. The van der Waals surface area contributed by atoms with E-state index in [1.807, 2.05) is 0 Å². The third-order valence-corrected chi connectivity index (χ3v) is 10.5. The Kier molecular flexibility index (Phi) is 7.62. The molecule has 0 aliphatic carbocycles. The normalized spacial score (nSPS) is 11.9. The van der Waals surface area contributed by atoms with Crippen molar-refractivity contribution in [3.63, 3.8) is 0 Å². The van der Waals surface area contributed by atoms with Crippen LogP contribution in [0.1, 0.15) is 65.2 Å². The summed E-state index contributed by atoms with van der Waals surface area (Å²) in [6.07, 6.45) is 9.95. The van der Waals surface area contributed by atoms with Gasteiger partial charge in [-0.15, -0.1) is 0 Å². The van der Waals surface area contributed by atoms with Crippen molar-refractivity contribution >= 4 is 76.6 Å². The van der Waals surface area contributed by atoms with E-state index in [4.69, 9.17) is 9.47 Å². The molecule has 0 radical (unpaired) electrons. The molecular formula is C28H32O2S2Se. The molecule has 33 heavy (non-hydrogen) atoms. The molecule has 3 aromatic heterocycles. The van der Waals surface area contributed by atoms with Gasteiger partial charge in [0.25, 0.3) is 0 Å². The summed E-state index contributed by atoms with van der Waals surface area (Å²) in [7, 11) is 0. The van der Waals surface area contributed by atoms with Crippen LogP contribution in [0.25, 0.3) is 39.5 Å². The molecule has 0 fully saturated rings. The summed E-state index contributed by atoms with van der Waals surface area (Å²) in [5.74, 6) is 0. The molecule has 0 saturated heterocycles. The molecule has 5 rings (SSSR count). The molecule has 5 heteroatoms. The van der Waals surface area contributed by atoms with Crippen LogP contribution in [0, 0.1) is 0 Å². The van der Waals surface area contributed by atoms with Gasteiger partial charge in [-0.3, -0.25) is 0 Å². The van der Waals surface area contributed by atoms with Gasteiger partial charge < -0.3 is 0 Å². The average Bonchev–Trinajstić information content (AvgIpc) is 3.49. The zero-order valence-corrected chi connectivity index (χ0v) is 22.9. The van der Waals surface area contributed by atoms with E-state index in [-0.39, 0.29) is 0 Å². The first-order chi connectivity index (χ1) is 16.2. The van der Waals surface area contributed by atoms with Gasteiger partial charge in [0.05, 0.1) is 0 Å². The first kappa shape index (κ1) is 23.2. The number of ether oxygens (including phenoxy) is 2. The van der Waals surface area contributed by atoms with E-state index in [0.29, 0.717) is 14.5 Å². The van der Waals surface area contributed by atoms with Gasteiger partial charge in [0.15, 0.2) is 0 Å². The van der Waals surface area contributed by atoms with Gasteiger partial charge >= 0.3 is 211 Å². The maximum atomic E-state index is 6.06. The van der Waals surface area contributed by atoms with E-state index >= 15 is 0 Å². The van der Waals surface area contributed by atoms with Crippen LogP contribution >= 0.6 is 22.7 Å². The third kappa shape index (κ3) is 5.27. The predicted octanol–water partition coefficient (Wildman–Crippen LogP) is 9.40. The standard InChI is InChI=1S/C28H32O2S2Se/c1-3-5-7-9-11-29-27-15-19-13-21-22-14-20-16-28(30-12-10-8-6-4-2)32-24(20)18-26(22)33-25(21)17-23(19)31-27/h13-18H,3-12H2,1-2H3. The van der Waals surface area contributed by atoms with E-state index in [9.17, 15) is 0 Å². The number of unbranched alkanes of at least 4 members (excludes halogenated alkanes) is 6. The first-order valence-electron chi connectivity index (χ1n) is 12.3. The fourth-order valence-electron chi connectivity index (χ4n) is 4.34. The third-order valence-electron chi connectivity index (χ3n) is 6.19. The quantitative estimate of drug-likeness (QED) is 0.115. The minimum absolute atomic E-state index is 0.364. The van der Waals surface area contributed by atoms with Gasteiger partial charge in [-0.2, -0.15) is 0 Å². The molecule has 0 amide bonds. The van der Waals surface area contributed by atoms with Crippen LogP contribution in [0.15, 0.2) is 36.4 Å². The summed E-state index contributed by atoms with van der Waals surface area (Å²) in [6, 6.07) is 14.1. The number of fused-ring (bicyclic) bond motifs is 5. The van der Waals surface area contributed by atoms with Crippen molar-refractivity contribution in [2.45, 2.75) is 65.2 Å². The number of benzene rings is 2. The van der Waals surface area contributed by atoms with Crippen molar-refractivity contribution in [1.29, 1.82) is 0 Å². The zero-order chi connectivity index (χ0) is 22.6. The topological polar surface area (TPSA) is 18.5 Å². The Balaban J connectivity index is 1.37. The monoisotopic (exact) mass is 544 g/mol. The molecular weight excluding hydrogens is 511 g/mol. The van der Waals surface area contributed by atoms with Crippen molar-refractivity contribution in [3.8, 4) is 10.1 Å². The second-order valence-electron chi connectivity index (χ2n) is 8.82. The van der Waals surface area contributed by atoms with Gasteiger partial charge in [-0.05, 0) is 0 Å². The molecule has 0 spiro atoms. The van der Waals surface area contributed by atoms with Gasteiger partial charge in [0, 0.05) is 0 Å². The summed E-state index contributed by atoms with van der Waals surface area (Å²) >= 11 is 3.96.